The van der Waals surface area contributed by atoms with Crippen LogP contribution in [0.2, 0.25) is 0 Å². The number of aromatic nitrogens is 2. The molecule has 0 aliphatic carbocycles. The van der Waals surface area contributed by atoms with Crippen molar-refractivity contribution in [2.24, 2.45) is 0 Å². The van der Waals surface area contributed by atoms with Gasteiger partial charge in [-0.2, -0.15) is 0 Å². The highest BCUT2D eigenvalue weighted by atomic mass is 32.1. The van der Waals surface area contributed by atoms with Crippen LogP contribution in [0, 0.1) is 0 Å². The first-order valence-corrected chi connectivity index (χ1v) is 10.1. The number of nitrogens with zero attached hydrogens (tertiary/aromatic N) is 2. The van der Waals surface area contributed by atoms with Crippen molar-refractivity contribution in [2.75, 3.05) is 26.2 Å². The Kier molecular flexibility index (Phi) is 4.75. The molecule has 0 unspecified atom stereocenters. The Bertz CT molecular complexity index is 746. The molecule has 3 aromatic heterocycles. The van der Waals surface area contributed by atoms with Gasteiger partial charge in [0.25, 0.3) is 11.8 Å². The average molecular weight is 363 g/mol. The van der Waals surface area contributed by atoms with Crippen LogP contribution in [-0.2, 0) is 6.54 Å². The van der Waals surface area contributed by atoms with Crippen LogP contribution in [0.1, 0.15) is 23.7 Å². The maximum Gasteiger partial charge on any atom is 0.274 e. The van der Waals surface area contributed by atoms with Crippen molar-refractivity contribution in [3.05, 3.63) is 45.8 Å². The number of thiophene rings is 2. The molecular formula is C17H22N4OS2+2. The maximum atomic E-state index is 5.92. The molecule has 2 N–H and O–H groups in total. The lowest BCUT2D eigenvalue weighted by molar-refractivity contribution is -1.03. The van der Waals surface area contributed by atoms with Crippen molar-refractivity contribution in [1.82, 2.24) is 10.2 Å². The first-order valence-electron chi connectivity index (χ1n) is 8.37. The molecule has 4 rings (SSSR count). The van der Waals surface area contributed by atoms with Crippen LogP contribution >= 0.6 is 22.7 Å². The minimum atomic E-state index is 0.259. The van der Waals surface area contributed by atoms with E-state index in [-0.39, 0.29) is 6.04 Å². The van der Waals surface area contributed by atoms with E-state index in [9.17, 15) is 0 Å². The molecule has 7 heteroatoms. The third kappa shape index (κ3) is 3.44. The van der Waals surface area contributed by atoms with Crippen LogP contribution in [0.5, 0.6) is 0 Å². The first-order chi connectivity index (χ1) is 11.8. The van der Waals surface area contributed by atoms with E-state index in [1.54, 1.807) is 21.1 Å². The maximum absolute atomic E-state index is 5.92. The molecule has 0 spiro atoms. The summed E-state index contributed by atoms with van der Waals surface area (Å²) in [5.74, 6) is 1.41. The summed E-state index contributed by atoms with van der Waals surface area (Å²) in [5, 5.41) is 12.7. The number of rotatable bonds is 5. The Hall–Kier alpha value is -1.54. The molecule has 0 radical (unpaired) electrons. The van der Waals surface area contributed by atoms with Gasteiger partial charge in [-0.1, -0.05) is 12.1 Å². The summed E-state index contributed by atoms with van der Waals surface area (Å²) in [7, 11) is 0. The fourth-order valence-corrected chi connectivity index (χ4v) is 4.70. The summed E-state index contributed by atoms with van der Waals surface area (Å²) in [5.41, 5.74) is 0. The molecule has 0 amide bonds. The van der Waals surface area contributed by atoms with Crippen LogP contribution in [0.4, 0.5) is 0 Å². The van der Waals surface area contributed by atoms with E-state index in [1.807, 2.05) is 28.8 Å². The lowest BCUT2D eigenvalue weighted by atomic mass is 10.2. The Morgan fingerprint density at radius 2 is 1.88 bits per heavy atom. The second-order valence-corrected chi connectivity index (χ2v) is 8.29. The van der Waals surface area contributed by atoms with Gasteiger partial charge in [0.2, 0.25) is 0 Å². The molecule has 0 bridgehead atoms. The largest absolute Gasteiger partial charge is 0.414 e. The van der Waals surface area contributed by atoms with Crippen LogP contribution < -0.4 is 9.80 Å². The number of quaternary nitrogens is 2. The minimum absolute atomic E-state index is 0.259. The predicted molar refractivity (Wildman–Crippen MR) is 95.4 cm³/mol. The van der Waals surface area contributed by atoms with E-state index in [4.69, 9.17) is 4.42 Å². The summed E-state index contributed by atoms with van der Waals surface area (Å²) < 4.78 is 5.92. The highest BCUT2D eigenvalue weighted by Gasteiger charge is 2.31. The average Bonchev–Trinajstić information content (AvgIpc) is 3.36. The van der Waals surface area contributed by atoms with Crippen molar-refractivity contribution < 1.29 is 14.2 Å². The fourth-order valence-electron chi connectivity index (χ4n) is 3.28. The van der Waals surface area contributed by atoms with Gasteiger partial charge in [-0.05, 0) is 29.8 Å². The zero-order chi connectivity index (χ0) is 16.4. The fraction of sp³-hybridized carbons (Fsp3) is 0.412. The Labute approximate surface area is 149 Å². The lowest BCUT2D eigenvalue weighted by Crippen LogP contribution is -3.27. The van der Waals surface area contributed by atoms with Crippen molar-refractivity contribution in [3.8, 4) is 10.8 Å². The summed E-state index contributed by atoms with van der Waals surface area (Å²) in [6, 6.07) is 8.67. The smallest absolute Gasteiger partial charge is 0.274 e. The minimum Gasteiger partial charge on any atom is -0.414 e. The van der Waals surface area contributed by atoms with Gasteiger partial charge in [-0.3, -0.25) is 0 Å². The zero-order valence-electron chi connectivity index (χ0n) is 13.7. The van der Waals surface area contributed by atoms with Crippen molar-refractivity contribution in [3.63, 3.8) is 0 Å². The quantitative estimate of drug-likeness (QED) is 0.709. The predicted octanol–water partition coefficient (Wildman–Crippen LogP) is 0.904. The first kappa shape index (κ1) is 16.0. The Morgan fingerprint density at radius 3 is 2.58 bits per heavy atom. The summed E-state index contributed by atoms with van der Waals surface area (Å²) in [4.78, 5) is 5.75. The number of nitrogens with one attached hydrogen (secondary N) is 2. The van der Waals surface area contributed by atoms with Gasteiger partial charge in [-0.25, -0.2) is 0 Å². The molecule has 3 aromatic rings. The molecule has 24 heavy (non-hydrogen) atoms. The van der Waals surface area contributed by atoms with Crippen LogP contribution in [0.3, 0.4) is 0 Å². The molecule has 5 nitrogen and oxygen atoms in total. The number of hydrogen-bond acceptors (Lipinski definition) is 5. The highest BCUT2D eigenvalue weighted by molar-refractivity contribution is 7.13. The molecule has 4 heterocycles. The van der Waals surface area contributed by atoms with Gasteiger partial charge >= 0.3 is 0 Å². The van der Waals surface area contributed by atoms with Crippen LogP contribution in [0.15, 0.2) is 39.4 Å². The van der Waals surface area contributed by atoms with Gasteiger partial charge in [0.1, 0.15) is 32.7 Å². The SMILES string of the molecule is C[C@H](c1nnc(-c2cccs2)o1)[NH+]1CC[NH+](Cc2cccs2)CC1. The third-order valence-corrected chi connectivity index (χ3v) is 6.49. The van der Waals surface area contributed by atoms with Crippen molar-refractivity contribution in [2.45, 2.75) is 19.5 Å². The number of hydrogen-bond donors (Lipinski definition) is 2. The summed E-state index contributed by atoms with van der Waals surface area (Å²) in [6.07, 6.45) is 0. The van der Waals surface area contributed by atoms with Crippen LogP contribution in [-0.4, -0.2) is 36.4 Å². The number of piperazine rings is 1. The third-order valence-electron chi connectivity index (χ3n) is 4.76. The zero-order valence-corrected chi connectivity index (χ0v) is 15.3. The van der Waals surface area contributed by atoms with E-state index in [1.165, 1.54) is 18.0 Å². The molecule has 1 aliphatic heterocycles. The van der Waals surface area contributed by atoms with E-state index in [2.05, 4.69) is 34.6 Å². The second kappa shape index (κ2) is 7.14. The molecule has 1 aliphatic rings. The van der Waals surface area contributed by atoms with Crippen molar-refractivity contribution >= 4 is 22.7 Å². The van der Waals surface area contributed by atoms with Gasteiger partial charge in [0, 0.05) is 0 Å². The van der Waals surface area contributed by atoms with Crippen LogP contribution in [0.25, 0.3) is 10.8 Å². The van der Waals surface area contributed by atoms with E-state index in [0.29, 0.717) is 5.89 Å². The van der Waals surface area contributed by atoms with E-state index < -0.39 is 0 Å². The summed E-state index contributed by atoms with van der Waals surface area (Å²) >= 11 is 3.50. The van der Waals surface area contributed by atoms with Gasteiger partial charge in [-0.15, -0.1) is 32.9 Å². The molecule has 126 valence electrons. The lowest BCUT2D eigenvalue weighted by Gasteiger charge is -2.31. The Balaban J connectivity index is 1.35. The molecule has 0 aromatic carbocycles. The summed E-state index contributed by atoms with van der Waals surface area (Å²) in [6.45, 7) is 8.05. The van der Waals surface area contributed by atoms with Crippen molar-refractivity contribution in [1.29, 1.82) is 0 Å². The Morgan fingerprint density at radius 1 is 1.08 bits per heavy atom. The topological polar surface area (TPSA) is 47.8 Å². The monoisotopic (exact) mass is 362 g/mol. The normalized spacial score (nSPS) is 22.5. The molecule has 0 saturated carbocycles. The standard InChI is InChI=1S/C17H20N4OS2/c1-13(16-18-19-17(22-16)15-5-3-11-24-15)21-8-6-20(7-9-21)12-14-4-2-10-23-14/h2-5,10-11,13H,6-9,12H2,1H3/p+2/t13-/m1/s1. The molecule has 1 atom stereocenters. The molecule has 1 fully saturated rings. The van der Waals surface area contributed by atoms with Gasteiger partial charge < -0.3 is 14.2 Å². The molecule has 1 saturated heterocycles. The molecular weight excluding hydrogens is 340 g/mol. The van der Waals surface area contributed by atoms with E-state index >= 15 is 0 Å². The van der Waals surface area contributed by atoms with Gasteiger partial charge in [0.15, 0.2) is 6.04 Å². The van der Waals surface area contributed by atoms with Gasteiger partial charge in [0.05, 0.1) is 9.75 Å². The van der Waals surface area contributed by atoms with E-state index in [0.717, 1.165) is 30.4 Å². The second-order valence-electron chi connectivity index (χ2n) is 6.31. The highest BCUT2D eigenvalue weighted by Crippen LogP contribution is 2.24.